The summed E-state index contributed by atoms with van der Waals surface area (Å²) in [6, 6.07) is 16.7. The Labute approximate surface area is 123 Å². The lowest BCUT2D eigenvalue weighted by molar-refractivity contribution is -0.117. The minimum absolute atomic E-state index is 0.0238. The van der Waals surface area contributed by atoms with E-state index in [1.54, 1.807) is 24.3 Å². The van der Waals surface area contributed by atoms with Crippen LogP contribution in [0.4, 0.5) is 5.69 Å². The minimum Gasteiger partial charge on any atom is -0.366 e. The molecule has 2 aromatic rings. The smallest absolute Gasteiger partial charge is 0.248 e. The second kappa shape index (κ2) is 5.40. The van der Waals surface area contributed by atoms with E-state index in [2.05, 4.69) is 17.4 Å². The molecular weight excluding hydrogens is 264 g/mol. The standard InChI is InChI=1S/C17H16N2O2/c18-16(20)12-6-8-13(9-7-12)19-17(21)15-10-14(15)11-4-2-1-3-5-11/h1-9,14-15H,10H2,(H2,18,20)(H,19,21)/t14-,15-/m1/s1. The zero-order valence-corrected chi connectivity index (χ0v) is 11.5. The Morgan fingerprint density at radius 1 is 1.00 bits per heavy atom. The number of hydrogen-bond acceptors (Lipinski definition) is 2. The van der Waals surface area contributed by atoms with Crippen LogP contribution in [0.1, 0.15) is 28.3 Å². The van der Waals surface area contributed by atoms with Crippen molar-refractivity contribution in [3.63, 3.8) is 0 Å². The fraction of sp³-hybridized carbons (Fsp3) is 0.176. The second-order valence-electron chi connectivity index (χ2n) is 5.29. The third-order valence-corrected chi connectivity index (χ3v) is 3.79. The molecule has 4 heteroatoms. The van der Waals surface area contributed by atoms with Crippen LogP contribution < -0.4 is 11.1 Å². The summed E-state index contributed by atoms with van der Waals surface area (Å²) in [5.74, 6) is -0.103. The average molecular weight is 280 g/mol. The van der Waals surface area contributed by atoms with Crippen LogP contribution >= 0.6 is 0 Å². The highest BCUT2D eigenvalue weighted by atomic mass is 16.2. The Bertz CT molecular complexity index is 665. The van der Waals surface area contributed by atoms with Gasteiger partial charge in [-0.1, -0.05) is 30.3 Å². The number of carbonyl (C=O) groups excluding carboxylic acids is 2. The van der Waals surface area contributed by atoms with Gasteiger partial charge in [0.15, 0.2) is 0 Å². The second-order valence-corrected chi connectivity index (χ2v) is 5.29. The van der Waals surface area contributed by atoms with Crippen LogP contribution in [0.2, 0.25) is 0 Å². The van der Waals surface area contributed by atoms with Crippen molar-refractivity contribution in [2.45, 2.75) is 12.3 Å². The molecule has 2 aromatic carbocycles. The monoisotopic (exact) mass is 280 g/mol. The molecule has 0 aromatic heterocycles. The number of anilines is 1. The predicted octanol–water partition coefficient (Wildman–Crippen LogP) is 2.53. The van der Waals surface area contributed by atoms with E-state index in [9.17, 15) is 9.59 Å². The van der Waals surface area contributed by atoms with E-state index in [0.29, 0.717) is 17.2 Å². The van der Waals surface area contributed by atoms with Crippen LogP contribution in [0.5, 0.6) is 0 Å². The van der Waals surface area contributed by atoms with Crippen LogP contribution in [-0.2, 0) is 4.79 Å². The molecule has 0 heterocycles. The molecule has 4 nitrogen and oxygen atoms in total. The summed E-state index contributed by atoms with van der Waals surface area (Å²) in [6.07, 6.45) is 0.884. The van der Waals surface area contributed by atoms with Crippen LogP contribution in [0.25, 0.3) is 0 Å². The van der Waals surface area contributed by atoms with Gasteiger partial charge >= 0.3 is 0 Å². The van der Waals surface area contributed by atoms with E-state index in [1.807, 2.05) is 18.2 Å². The number of carbonyl (C=O) groups is 2. The first-order chi connectivity index (χ1) is 10.1. The largest absolute Gasteiger partial charge is 0.366 e. The molecule has 0 unspecified atom stereocenters. The SMILES string of the molecule is NC(=O)c1ccc(NC(=O)[C@@H]2C[C@@H]2c2ccccc2)cc1. The van der Waals surface area contributed by atoms with Gasteiger partial charge in [-0.2, -0.15) is 0 Å². The van der Waals surface area contributed by atoms with E-state index in [0.717, 1.165) is 6.42 Å². The molecule has 1 aliphatic rings. The summed E-state index contributed by atoms with van der Waals surface area (Å²) >= 11 is 0. The first-order valence-electron chi connectivity index (χ1n) is 6.91. The molecule has 3 rings (SSSR count). The summed E-state index contributed by atoms with van der Waals surface area (Å²) in [4.78, 5) is 23.2. The summed E-state index contributed by atoms with van der Waals surface area (Å²) in [7, 11) is 0. The quantitative estimate of drug-likeness (QED) is 0.903. The molecule has 0 radical (unpaired) electrons. The molecule has 1 saturated carbocycles. The van der Waals surface area contributed by atoms with Gasteiger partial charge in [0, 0.05) is 17.2 Å². The summed E-state index contributed by atoms with van der Waals surface area (Å²) < 4.78 is 0. The Balaban J connectivity index is 1.62. The Morgan fingerprint density at radius 2 is 1.67 bits per heavy atom. The molecule has 106 valence electrons. The van der Waals surface area contributed by atoms with Gasteiger partial charge in [0.25, 0.3) is 0 Å². The molecule has 21 heavy (non-hydrogen) atoms. The molecule has 0 saturated heterocycles. The number of benzene rings is 2. The van der Waals surface area contributed by atoms with Crippen molar-refractivity contribution in [3.8, 4) is 0 Å². The fourth-order valence-electron chi connectivity index (χ4n) is 2.51. The van der Waals surface area contributed by atoms with Gasteiger partial charge in [-0.05, 0) is 42.2 Å². The molecule has 2 atom stereocenters. The average Bonchev–Trinajstić information content (AvgIpc) is 3.29. The third kappa shape index (κ3) is 2.94. The van der Waals surface area contributed by atoms with Gasteiger partial charge < -0.3 is 11.1 Å². The van der Waals surface area contributed by atoms with Crippen LogP contribution in [-0.4, -0.2) is 11.8 Å². The van der Waals surface area contributed by atoms with Crippen molar-refractivity contribution < 1.29 is 9.59 Å². The zero-order chi connectivity index (χ0) is 14.8. The molecule has 0 aliphatic heterocycles. The maximum atomic E-state index is 12.2. The van der Waals surface area contributed by atoms with Crippen molar-refractivity contribution in [2.24, 2.45) is 11.7 Å². The maximum Gasteiger partial charge on any atom is 0.248 e. The summed E-state index contributed by atoms with van der Waals surface area (Å²) in [5, 5.41) is 2.88. The van der Waals surface area contributed by atoms with Crippen LogP contribution in [0.3, 0.4) is 0 Å². The molecule has 1 fully saturated rings. The van der Waals surface area contributed by atoms with Crippen molar-refractivity contribution in [1.29, 1.82) is 0 Å². The third-order valence-electron chi connectivity index (χ3n) is 3.79. The van der Waals surface area contributed by atoms with Crippen molar-refractivity contribution in [1.82, 2.24) is 0 Å². The van der Waals surface area contributed by atoms with E-state index < -0.39 is 5.91 Å². The van der Waals surface area contributed by atoms with Crippen LogP contribution in [0.15, 0.2) is 54.6 Å². The molecule has 0 spiro atoms. The van der Waals surface area contributed by atoms with Gasteiger partial charge in [0.05, 0.1) is 0 Å². The number of hydrogen-bond donors (Lipinski definition) is 2. The molecule has 2 amide bonds. The highest BCUT2D eigenvalue weighted by Gasteiger charge is 2.43. The van der Waals surface area contributed by atoms with E-state index in [1.165, 1.54) is 5.56 Å². The molecule has 1 aliphatic carbocycles. The number of amides is 2. The number of rotatable bonds is 4. The Hall–Kier alpha value is -2.62. The van der Waals surface area contributed by atoms with Gasteiger partial charge in [-0.15, -0.1) is 0 Å². The lowest BCUT2D eigenvalue weighted by Gasteiger charge is -2.05. The van der Waals surface area contributed by atoms with Gasteiger partial charge in [-0.3, -0.25) is 9.59 Å². The zero-order valence-electron chi connectivity index (χ0n) is 11.5. The van der Waals surface area contributed by atoms with Gasteiger partial charge in [0.2, 0.25) is 11.8 Å². The number of nitrogens with one attached hydrogen (secondary N) is 1. The van der Waals surface area contributed by atoms with E-state index >= 15 is 0 Å². The van der Waals surface area contributed by atoms with E-state index in [-0.39, 0.29) is 11.8 Å². The summed E-state index contributed by atoms with van der Waals surface area (Å²) in [5.41, 5.74) is 7.51. The Morgan fingerprint density at radius 3 is 2.29 bits per heavy atom. The number of nitrogens with two attached hydrogens (primary N) is 1. The normalized spacial score (nSPS) is 19.8. The highest BCUT2D eigenvalue weighted by Crippen LogP contribution is 2.47. The van der Waals surface area contributed by atoms with Gasteiger partial charge in [-0.25, -0.2) is 0 Å². The topological polar surface area (TPSA) is 72.2 Å². The van der Waals surface area contributed by atoms with Crippen LogP contribution in [0, 0.1) is 5.92 Å². The summed E-state index contributed by atoms with van der Waals surface area (Å²) in [6.45, 7) is 0. The number of primary amides is 1. The van der Waals surface area contributed by atoms with Crippen molar-refractivity contribution in [2.75, 3.05) is 5.32 Å². The van der Waals surface area contributed by atoms with Gasteiger partial charge in [0.1, 0.15) is 0 Å². The minimum atomic E-state index is -0.473. The Kier molecular flexibility index (Phi) is 3.44. The van der Waals surface area contributed by atoms with E-state index in [4.69, 9.17) is 5.73 Å². The first kappa shape index (κ1) is 13.4. The van der Waals surface area contributed by atoms with Crippen molar-refractivity contribution in [3.05, 3.63) is 65.7 Å². The highest BCUT2D eigenvalue weighted by molar-refractivity contribution is 5.96. The molecular formula is C17H16N2O2. The maximum absolute atomic E-state index is 12.2. The predicted molar refractivity (Wildman–Crippen MR) is 80.9 cm³/mol. The molecule has 3 N–H and O–H groups in total. The lowest BCUT2D eigenvalue weighted by Crippen LogP contribution is -2.15. The fourth-order valence-corrected chi connectivity index (χ4v) is 2.51. The first-order valence-corrected chi connectivity index (χ1v) is 6.91. The van der Waals surface area contributed by atoms with Crippen molar-refractivity contribution >= 4 is 17.5 Å². The molecule has 0 bridgehead atoms. The lowest BCUT2D eigenvalue weighted by atomic mass is 10.1.